The molecule has 0 aromatic heterocycles. The van der Waals surface area contributed by atoms with Gasteiger partial charge in [-0.05, 0) is 49.7 Å². The van der Waals surface area contributed by atoms with Gasteiger partial charge >= 0.3 is 0 Å². The lowest BCUT2D eigenvalue weighted by Crippen LogP contribution is -2.10. The molecule has 0 fully saturated rings. The van der Waals surface area contributed by atoms with Crippen LogP contribution in [0.5, 0.6) is 5.75 Å². The van der Waals surface area contributed by atoms with Crippen LogP contribution in [-0.4, -0.2) is 27.1 Å². The van der Waals surface area contributed by atoms with E-state index < -0.39 is 9.84 Å². The van der Waals surface area contributed by atoms with Gasteiger partial charge in [-0.25, -0.2) is 8.42 Å². The number of carbonyl (C=O) groups is 1. The Balaban J connectivity index is 1.84. The standard InChI is InChI=1S/C17H18O4S/c1-14-3-9-17(10-4-14)22(19,20)12-2-11-21-16-7-5-15(13-18)6-8-16/h3-10,13H,2,11-12H2,1H3. The van der Waals surface area contributed by atoms with Crippen molar-refractivity contribution in [2.75, 3.05) is 12.4 Å². The van der Waals surface area contributed by atoms with Crippen LogP contribution in [0.15, 0.2) is 53.4 Å². The van der Waals surface area contributed by atoms with Gasteiger partial charge in [0, 0.05) is 5.56 Å². The van der Waals surface area contributed by atoms with E-state index in [0.717, 1.165) is 11.8 Å². The summed E-state index contributed by atoms with van der Waals surface area (Å²) < 4.78 is 29.8. The van der Waals surface area contributed by atoms with Crippen molar-refractivity contribution >= 4 is 16.1 Å². The van der Waals surface area contributed by atoms with Crippen molar-refractivity contribution in [1.82, 2.24) is 0 Å². The van der Waals surface area contributed by atoms with Gasteiger partial charge in [0.2, 0.25) is 0 Å². The maximum absolute atomic E-state index is 12.1. The van der Waals surface area contributed by atoms with E-state index in [4.69, 9.17) is 4.74 Å². The first kappa shape index (κ1) is 16.2. The van der Waals surface area contributed by atoms with Gasteiger partial charge in [-0.15, -0.1) is 0 Å². The number of aldehydes is 1. The summed E-state index contributed by atoms with van der Waals surface area (Å²) in [7, 11) is -3.27. The summed E-state index contributed by atoms with van der Waals surface area (Å²) in [4.78, 5) is 10.9. The molecule has 0 spiro atoms. The van der Waals surface area contributed by atoms with Gasteiger partial charge in [0.15, 0.2) is 9.84 Å². The van der Waals surface area contributed by atoms with Gasteiger partial charge in [-0.2, -0.15) is 0 Å². The Morgan fingerprint density at radius 2 is 1.64 bits per heavy atom. The highest BCUT2D eigenvalue weighted by Crippen LogP contribution is 2.14. The van der Waals surface area contributed by atoms with Crippen LogP contribution in [0.1, 0.15) is 22.3 Å². The van der Waals surface area contributed by atoms with E-state index >= 15 is 0 Å². The summed E-state index contributed by atoms with van der Waals surface area (Å²) in [5, 5.41) is 0. The fourth-order valence-corrected chi connectivity index (χ4v) is 3.23. The maximum atomic E-state index is 12.1. The van der Waals surface area contributed by atoms with Crippen molar-refractivity contribution in [2.24, 2.45) is 0 Å². The zero-order chi connectivity index (χ0) is 16.0. The number of aryl methyl sites for hydroxylation is 1. The molecule has 2 aromatic carbocycles. The Bertz CT molecular complexity index is 716. The van der Waals surface area contributed by atoms with Crippen molar-refractivity contribution < 1.29 is 17.9 Å². The van der Waals surface area contributed by atoms with Crippen LogP contribution in [0.4, 0.5) is 0 Å². The Hall–Kier alpha value is -2.14. The van der Waals surface area contributed by atoms with Crippen LogP contribution in [0, 0.1) is 6.92 Å². The van der Waals surface area contributed by atoms with E-state index in [9.17, 15) is 13.2 Å². The van der Waals surface area contributed by atoms with Crippen molar-refractivity contribution in [2.45, 2.75) is 18.2 Å². The fraction of sp³-hybridized carbons (Fsp3) is 0.235. The van der Waals surface area contributed by atoms with Crippen LogP contribution in [0.3, 0.4) is 0 Å². The van der Waals surface area contributed by atoms with Crippen molar-refractivity contribution in [3.05, 3.63) is 59.7 Å². The van der Waals surface area contributed by atoms with Gasteiger partial charge in [0.25, 0.3) is 0 Å². The lowest BCUT2D eigenvalue weighted by atomic mass is 10.2. The highest BCUT2D eigenvalue weighted by molar-refractivity contribution is 7.91. The number of hydrogen-bond acceptors (Lipinski definition) is 4. The number of carbonyl (C=O) groups excluding carboxylic acids is 1. The average molecular weight is 318 g/mol. The summed E-state index contributed by atoms with van der Waals surface area (Å²) in [6.07, 6.45) is 1.17. The van der Waals surface area contributed by atoms with E-state index in [1.807, 2.05) is 6.92 Å². The normalized spacial score (nSPS) is 11.1. The lowest BCUT2D eigenvalue weighted by molar-refractivity contribution is 0.112. The van der Waals surface area contributed by atoms with Crippen molar-refractivity contribution in [1.29, 1.82) is 0 Å². The molecule has 0 atom stereocenters. The monoisotopic (exact) mass is 318 g/mol. The number of rotatable bonds is 7. The number of benzene rings is 2. The van der Waals surface area contributed by atoms with E-state index in [1.165, 1.54) is 0 Å². The smallest absolute Gasteiger partial charge is 0.178 e. The van der Waals surface area contributed by atoms with E-state index in [0.29, 0.717) is 29.2 Å². The van der Waals surface area contributed by atoms with Crippen LogP contribution in [0.2, 0.25) is 0 Å². The van der Waals surface area contributed by atoms with E-state index in [1.54, 1.807) is 48.5 Å². The van der Waals surface area contributed by atoms with E-state index in [-0.39, 0.29) is 5.75 Å². The molecular formula is C17H18O4S. The van der Waals surface area contributed by atoms with Crippen LogP contribution in [0.25, 0.3) is 0 Å². The Labute approximate surface area is 130 Å². The summed E-state index contributed by atoms with van der Waals surface area (Å²) in [6.45, 7) is 2.23. The van der Waals surface area contributed by atoms with Crippen molar-refractivity contribution in [3.63, 3.8) is 0 Å². The molecule has 22 heavy (non-hydrogen) atoms. The second-order valence-corrected chi connectivity index (χ2v) is 7.13. The minimum Gasteiger partial charge on any atom is -0.494 e. The van der Waals surface area contributed by atoms with Gasteiger partial charge in [-0.1, -0.05) is 17.7 Å². The highest BCUT2D eigenvalue weighted by atomic mass is 32.2. The molecular weight excluding hydrogens is 300 g/mol. The maximum Gasteiger partial charge on any atom is 0.178 e. The molecule has 2 aromatic rings. The van der Waals surface area contributed by atoms with Gasteiger partial charge in [-0.3, -0.25) is 4.79 Å². The minimum absolute atomic E-state index is 0.0441. The van der Waals surface area contributed by atoms with Gasteiger partial charge in [0.05, 0.1) is 17.3 Å². The largest absolute Gasteiger partial charge is 0.494 e. The summed E-state index contributed by atoms with van der Waals surface area (Å²) in [5.74, 6) is 0.668. The third-order valence-corrected chi connectivity index (χ3v) is 5.04. The third-order valence-electron chi connectivity index (χ3n) is 3.22. The first-order chi connectivity index (χ1) is 10.5. The molecule has 0 N–H and O–H groups in total. The molecule has 2 rings (SSSR count). The lowest BCUT2D eigenvalue weighted by Gasteiger charge is -2.07. The molecule has 0 aliphatic rings. The molecule has 0 radical (unpaired) electrons. The second kappa shape index (κ2) is 7.22. The predicted octanol–water partition coefficient (Wildman–Crippen LogP) is 3.05. The number of hydrogen-bond donors (Lipinski definition) is 0. The molecule has 5 heteroatoms. The molecule has 0 aliphatic carbocycles. The SMILES string of the molecule is Cc1ccc(S(=O)(=O)CCCOc2ccc(C=O)cc2)cc1. The number of ether oxygens (including phenoxy) is 1. The first-order valence-electron chi connectivity index (χ1n) is 6.99. The zero-order valence-corrected chi connectivity index (χ0v) is 13.2. The molecule has 0 saturated heterocycles. The molecule has 0 unspecified atom stereocenters. The highest BCUT2D eigenvalue weighted by Gasteiger charge is 2.13. The second-order valence-electron chi connectivity index (χ2n) is 5.02. The third kappa shape index (κ3) is 4.43. The quantitative estimate of drug-likeness (QED) is 0.581. The molecule has 0 heterocycles. The molecule has 4 nitrogen and oxygen atoms in total. The summed E-state index contributed by atoms with van der Waals surface area (Å²) in [6, 6.07) is 13.5. The van der Waals surface area contributed by atoms with E-state index in [2.05, 4.69) is 0 Å². The summed E-state index contributed by atoms with van der Waals surface area (Å²) in [5.41, 5.74) is 1.61. The molecule has 0 bridgehead atoms. The zero-order valence-electron chi connectivity index (χ0n) is 12.4. The first-order valence-corrected chi connectivity index (χ1v) is 8.64. The molecule has 116 valence electrons. The van der Waals surface area contributed by atoms with Gasteiger partial charge < -0.3 is 4.74 Å². The average Bonchev–Trinajstić information content (AvgIpc) is 2.52. The van der Waals surface area contributed by atoms with Crippen LogP contribution in [-0.2, 0) is 9.84 Å². The fourth-order valence-electron chi connectivity index (χ4n) is 1.95. The topological polar surface area (TPSA) is 60.4 Å². The van der Waals surface area contributed by atoms with Crippen molar-refractivity contribution in [3.8, 4) is 5.75 Å². The number of sulfone groups is 1. The molecule has 0 saturated carbocycles. The molecule has 0 amide bonds. The summed E-state index contributed by atoms with van der Waals surface area (Å²) >= 11 is 0. The Kier molecular flexibility index (Phi) is 5.33. The van der Waals surface area contributed by atoms with Gasteiger partial charge in [0.1, 0.15) is 12.0 Å². The predicted molar refractivity (Wildman–Crippen MR) is 85.2 cm³/mol. The molecule has 0 aliphatic heterocycles. The van der Waals surface area contributed by atoms with Crippen LogP contribution >= 0.6 is 0 Å². The minimum atomic E-state index is -3.27. The van der Waals surface area contributed by atoms with Crippen LogP contribution < -0.4 is 4.74 Å². The Morgan fingerprint density at radius 1 is 1.00 bits per heavy atom. The Morgan fingerprint density at radius 3 is 2.23 bits per heavy atom.